The molecule has 0 N–H and O–H groups in total. The number of benzene rings is 1. The Hall–Kier alpha value is -0.650. The Kier molecular flexibility index (Phi) is 4.26. The zero-order valence-corrected chi connectivity index (χ0v) is 13.3. The largest absolute Gasteiger partial charge is 0.246 e. The van der Waals surface area contributed by atoms with Gasteiger partial charge >= 0.3 is 0 Å². The average molecular weight is 332 g/mol. The van der Waals surface area contributed by atoms with Gasteiger partial charge in [0.25, 0.3) is 0 Å². The van der Waals surface area contributed by atoms with Gasteiger partial charge in [-0.3, -0.25) is 0 Å². The van der Waals surface area contributed by atoms with Crippen molar-refractivity contribution < 1.29 is 12.8 Å². The lowest BCUT2D eigenvalue weighted by Gasteiger charge is -2.36. The highest BCUT2D eigenvalue weighted by Crippen LogP contribution is 2.39. The van der Waals surface area contributed by atoms with Crippen LogP contribution >= 0.6 is 11.6 Å². The van der Waals surface area contributed by atoms with Crippen LogP contribution in [0.25, 0.3) is 0 Å². The van der Waals surface area contributed by atoms with Crippen LogP contribution in [0.2, 0.25) is 0 Å². The van der Waals surface area contributed by atoms with E-state index in [1.807, 2.05) is 0 Å². The van der Waals surface area contributed by atoms with E-state index in [4.69, 9.17) is 11.6 Å². The number of fused-ring (bicyclic) bond motifs is 1. The fourth-order valence-electron chi connectivity index (χ4n) is 3.66. The van der Waals surface area contributed by atoms with Gasteiger partial charge in [0, 0.05) is 18.5 Å². The molecule has 1 saturated heterocycles. The molecule has 0 amide bonds. The highest BCUT2D eigenvalue weighted by molar-refractivity contribution is 7.89. The minimum absolute atomic E-state index is 0.0443. The molecule has 1 aromatic carbocycles. The predicted molar refractivity (Wildman–Crippen MR) is 80.2 cm³/mol. The number of piperidine rings is 1. The second-order valence-electron chi connectivity index (χ2n) is 5.91. The molecule has 0 aromatic heterocycles. The topological polar surface area (TPSA) is 37.4 Å². The fourth-order valence-corrected chi connectivity index (χ4v) is 5.70. The maximum Gasteiger partial charge on any atom is 0.246 e. The number of rotatable bonds is 3. The monoisotopic (exact) mass is 331 g/mol. The van der Waals surface area contributed by atoms with Crippen molar-refractivity contribution in [2.45, 2.75) is 48.9 Å². The first kappa shape index (κ1) is 15.3. The van der Waals surface area contributed by atoms with E-state index in [1.165, 1.54) is 22.5 Å². The van der Waals surface area contributed by atoms with Gasteiger partial charge in [-0.1, -0.05) is 12.5 Å². The third kappa shape index (κ3) is 2.71. The van der Waals surface area contributed by atoms with Crippen molar-refractivity contribution in [1.29, 1.82) is 0 Å². The highest BCUT2D eigenvalue weighted by atomic mass is 35.5. The molecule has 1 aromatic rings. The lowest BCUT2D eigenvalue weighted by atomic mass is 9.94. The molecule has 0 radical (unpaired) electrons. The van der Waals surface area contributed by atoms with Crippen LogP contribution in [-0.4, -0.2) is 25.3 Å². The van der Waals surface area contributed by atoms with Crippen LogP contribution in [0, 0.1) is 11.7 Å². The van der Waals surface area contributed by atoms with E-state index in [1.54, 1.807) is 0 Å². The third-order valence-electron chi connectivity index (χ3n) is 4.68. The molecule has 0 bridgehead atoms. The summed E-state index contributed by atoms with van der Waals surface area (Å²) in [5.41, 5.74) is 0.622. The lowest BCUT2D eigenvalue weighted by Crippen LogP contribution is -2.46. The Morgan fingerprint density at radius 1 is 1.24 bits per heavy atom. The number of sulfonamides is 1. The molecular formula is C15H19ClFNO2S. The van der Waals surface area contributed by atoms with Crippen molar-refractivity contribution in [3.8, 4) is 0 Å². The zero-order chi connectivity index (χ0) is 15.0. The summed E-state index contributed by atoms with van der Waals surface area (Å²) in [5, 5.41) is 0. The molecule has 116 valence electrons. The first-order chi connectivity index (χ1) is 10.0. The van der Waals surface area contributed by atoms with Gasteiger partial charge in [0.15, 0.2) is 0 Å². The number of hydrogen-bond acceptors (Lipinski definition) is 2. The smallest absolute Gasteiger partial charge is 0.207 e. The van der Waals surface area contributed by atoms with Gasteiger partial charge < -0.3 is 0 Å². The van der Waals surface area contributed by atoms with E-state index >= 15 is 0 Å². The van der Waals surface area contributed by atoms with Gasteiger partial charge in [-0.25, -0.2) is 12.8 Å². The number of nitrogens with zero attached hydrogens (tertiary/aromatic N) is 1. The van der Waals surface area contributed by atoms with Gasteiger partial charge in [0.2, 0.25) is 10.0 Å². The van der Waals surface area contributed by atoms with Crippen molar-refractivity contribution in [1.82, 2.24) is 4.31 Å². The van der Waals surface area contributed by atoms with E-state index in [0.717, 1.165) is 32.1 Å². The molecule has 1 aliphatic heterocycles. The van der Waals surface area contributed by atoms with E-state index in [2.05, 4.69) is 0 Å². The summed E-state index contributed by atoms with van der Waals surface area (Å²) in [6, 6.07) is 4.13. The van der Waals surface area contributed by atoms with Gasteiger partial charge in [0.05, 0.1) is 0 Å². The molecule has 2 atom stereocenters. The normalized spacial score (nSPS) is 26.8. The van der Waals surface area contributed by atoms with E-state index in [-0.39, 0.29) is 16.8 Å². The molecular weight excluding hydrogens is 313 g/mol. The summed E-state index contributed by atoms with van der Waals surface area (Å²) in [6.07, 6.45) is 4.98. The molecule has 3 rings (SSSR count). The highest BCUT2D eigenvalue weighted by Gasteiger charge is 2.42. The van der Waals surface area contributed by atoms with Crippen molar-refractivity contribution in [3.05, 3.63) is 29.6 Å². The molecule has 1 aliphatic carbocycles. The Bertz CT molecular complexity index is 635. The van der Waals surface area contributed by atoms with Crippen LogP contribution in [0.1, 0.15) is 37.7 Å². The number of halogens is 2. The Morgan fingerprint density at radius 3 is 2.76 bits per heavy atom. The van der Waals surface area contributed by atoms with Crippen LogP contribution in [0.4, 0.5) is 4.39 Å². The molecule has 3 nitrogen and oxygen atoms in total. The molecule has 1 heterocycles. The number of hydrogen-bond donors (Lipinski definition) is 0. The van der Waals surface area contributed by atoms with Crippen LogP contribution in [0.5, 0.6) is 0 Å². The minimum atomic E-state index is -3.78. The second-order valence-corrected chi connectivity index (χ2v) is 8.04. The summed E-state index contributed by atoms with van der Waals surface area (Å²) >= 11 is 5.75. The third-order valence-corrected chi connectivity index (χ3v) is 6.93. The summed E-state index contributed by atoms with van der Waals surface area (Å²) in [6.45, 7) is 0.494. The second kappa shape index (κ2) is 5.86. The average Bonchev–Trinajstić information content (AvgIpc) is 2.95. The van der Waals surface area contributed by atoms with Crippen LogP contribution in [-0.2, 0) is 15.9 Å². The van der Waals surface area contributed by atoms with E-state index < -0.39 is 15.8 Å². The Morgan fingerprint density at radius 2 is 2.00 bits per heavy atom. The van der Waals surface area contributed by atoms with Gasteiger partial charge in [0.1, 0.15) is 10.7 Å². The van der Waals surface area contributed by atoms with Crippen molar-refractivity contribution in [3.63, 3.8) is 0 Å². The first-order valence-corrected chi connectivity index (χ1v) is 9.37. The zero-order valence-electron chi connectivity index (χ0n) is 11.8. The Balaban J connectivity index is 2.00. The maximum atomic E-state index is 14.1. The van der Waals surface area contributed by atoms with E-state index in [9.17, 15) is 12.8 Å². The summed E-state index contributed by atoms with van der Waals surface area (Å²) in [7, 11) is -3.78. The molecule has 6 heteroatoms. The first-order valence-electron chi connectivity index (χ1n) is 7.40. The number of alkyl halides is 1. The van der Waals surface area contributed by atoms with Crippen LogP contribution < -0.4 is 0 Å². The molecule has 1 saturated carbocycles. The molecule has 0 spiro atoms. The Labute approximate surface area is 130 Å². The predicted octanol–water partition coefficient (Wildman–Crippen LogP) is 3.52. The van der Waals surface area contributed by atoms with Crippen molar-refractivity contribution >= 4 is 21.6 Å². The van der Waals surface area contributed by atoms with Crippen LogP contribution in [0.15, 0.2) is 23.1 Å². The lowest BCUT2D eigenvalue weighted by molar-refractivity contribution is 0.201. The summed E-state index contributed by atoms with van der Waals surface area (Å²) < 4.78 is 41.3. The minimum Gasteiger partial charge on any atom is -0.207 e. The van der Waals surface area contributed by atoms with Gasteiger partial charge in [-0.15, -0.1) is 11.6 Å². The van der Waals surface area contributed by atoms with Crippen LogP contribution in [0.3, 0.4) is 0 Å². The van der Waals surface area contributed by atoms with Crippen molar-refractivity contribution in [2.24, 2.45) is 5.92 Å². The molecule has 2 fully saturated rings. The molecule has 2 aliphatic rings. The van der Waals surface area contributed by atoms with Gasteiger partial charge in [-0.2, -0.15) is 4.31 Å². The summed E-state index contributed by atoms with van der Waals surface area (Å²) in [5.74, 6) is -0.0775. The quantitative estimate of drug-likeness (QED) is 0.795. The van der Waals surface area contributed by atoms with Crippen molar-refractivity contribution in [2.75, 3.05) is 6.54 Å². The standard InChI is InChI=1S/C15H19ClFNO2S/c16-10-11-6-7-13(17)15(9-11)21(19,20)18-8-2-4-12-3-1-5-14(12)18/h6-7,9,12,14H,1-5,8,10H2. The van der Waals surface area contributed by atoms with E-state index in [0.29, 0.717) is 18.0 Å². The fraction of sp³-hybridized carbons (Fsp3) is 0.600. The molecule has 21 heavy (non-hydrogen) atoms. The maximum absolute atomic E-state index is 14.1. The summed E-state index contributed by atoms with van der Waals surface area (Å²) in [4.78, 5) is -0.229. The molecule has 2 unspecified atom stereocenters. The SMILES string of the molecule is O=S(=O)(c1cc(CCl)ccc1F)N1CCCC2CCCC21. The van der Waals surface area contributed by atoms with Gasteiger partial charge in [-0.05, 0) is 49.3 Å².